The summed E-state index contributed by atoms with van der Waals surface area (Å²) in [5.74, 6) is 0.476. The summed E-state index contributed by atoms with van der Waals surface area (Å²) in [4.78, 5) is 13.1. The molecule has 1 aromatic rings. The van der Waals surface area contributed by atoms with Gasteiger partial charge in [-0.2, -0.15) is 0 Å². The van der Waals surface area contributed by atoms with Gasteiger partial charge in [0.1, 0.15) is 5.78 Å². The van der Waals surface area contributed by atoms with Gasteiger partial charge in [0.15, 0.2) is 0 Å². The third kappa shape index (κ3) is 2.46. The lowest BCUT2D eigenvalue weighted by atomic mass is 9.70. The SMILES string of the molecule is CC1C(=O)[C@]2(CS(=O)(=O)N3CCC4(C=Cc5ccccc54)CC3)CCC1C2(C)C. The fourth-order valence-electron chi connectivity index (χ4n) is 7.14. The van der Waals surface area contributed by atoms with Gasteiger partial charge in [-0.3, -0.25) is 4.79 Å². The van der Waals surface area contributed by atoms with Crippen LogP contribution in [0.25, 0.3) is 6.08 Å². The summed E-state index contributed by atoms with van der Waals surface area (Å²) >= 11 is 0. The summed E-state index contributed by atoms with van der Waals surface area (Å²) in [6.07, 6.45) is 7.76. The fraction of sp³-hybridized carbons (Fsp3) is 0.625. The summed E-state index contributed by atoms with van der Waals surface area (Å²) in [6.45, 7) is 7.30. The average molecular weight is 414 g/mol. The van der Waals surface area contributed by atoms with Crippen LogP contribution in [-0.4, -0.2) is 37.3 Å². The molecule has 29 heavy (non-hydrogen) atoms. The molecule has 3 aliphatic carbocycles. The normalized spacial score (nSPS) is 34.8. The molecule has 0 aromatic heterocycles. The van der Waals surface area contributed by atoms with E-state index in [-0.39, 0.29) is 28.3 Å². The van der Waals surface area contributed by atoms with Crippen LogP contribution in [0, 0.1) is 22.7 Å². The Labute approximate surface area is 174 Å². The van der Waals surface area contributed by atoms with Gasteiger partial charge in [0.05, 0.1) is 5.75 Å². The minimum atomic E-state index is -3.47. The van der Waals surface area contributed by atoms with Crippen LogP contribution in [0.15, 0.2) is 30.3 Å². The zero-order valence-electron chi connectivity index (χ0n) is 17.6. The van der Waals surface area contributed by atoms with Crippen LogP contribution >= 0.6 is 0 Å². The molecule has 3 atom stereocenters. The van der Waals surface area contributed by atoms with Crippen LogP contribution in [-0.2, 0) is 20.2 Å². The molecule has 4 aliphatic rings. The maximum atomic E-state index is 13.5. The minimum absolute atomic E-state index is 0.00784. The van der Waals surface area contributed by atoms with Crippen molar-refractivity contribution < 1.29 is 13.2 Å². The molecule has 1 aliphatic heterocycles. The first-order valence-corrected chi connectivity index (χ1v) is 12.5. The van der Waals surface area contributed by atoms with Gasteiger partial charge in [-0.15, -0.1) is 0 Å². The van der Waals surface area contributed by atoms with E-state index in [0.29, 0.717) is 19.0 Å². The second kappa shape index (κ2) is 6.04. The number of hydrogen-bond donors (Lipinski definition) is 0. The van der Waals surface area contributed by atoms with E-state index in [1.807, 2.05) is 6.92 Å². The number of ketones is 1. The first kappa shape index (κ1) is 19.5. The topological polar surface area (TPSA) is 54.5 Å². The molecule has 0 N–H and O–H groups in total. The van der Waals surface area contributed by atoms with Crippen molar-refractivity contribution >= 4 is 21.9 Å². The van der Waals surface area contributed by atoms with Gasteiger partial charge in [0, 0.05) is 29.8 Å². The van der Waals surface area contributed by atoms with Crippen molar-refractivity contribution in [2.75, 3.05) is 18.8 Å². The van der Waals surface area contributed by atoms with Crippen molar-refractivity contribution in [3.63, 3.8) is 0 Å². The molecular weight excluding hydrogens is 382 g/mol. The van der Waals surface area contributed by atoms with Gasteiger partial charge in [-0.25, -0.2) is 12.7 Å². The van der Waals surface area contributed by atoms with E-state index in [1.54, 1.807) is 4.31 Å². The number of allylic oxidation sites excluding steroid dienone is 1. The third-order valence-corrected chi connectivity index (χ3v) is 11.1. The Bertz CT molecular complexity index is 1000. The Morgan fingerprint density at radius 2 is 1.79 bits per heavy atom. The van der Waals surface area contributed by atoms with E-state index in [4.69, 9.17) is 0 Å². The quantitative estimate of drug-likeness (QED) is 0.752. The predicted molar refractivity (Wildman–Crippen MR) is 115 cm³/mol. The number of sulfonamides is 1. The van der Waals surface area contributed by atoms with E-state index in [9.17, 15) is 13.2 Å². The number of carbonyl (C=O) groups is 1. The fourth-order valence-corrected chi connectivity index (χ4v) is 9.34. The van der Waals surface area contributed by atoms with Crippen LogP contribution in [0.5, 0.6) is 0 Å². The lowest BCUT2D eigenvalue weighted by Crippen LogP contribution is -2.50. The van der Waals surface area contributed by atoms with Crippen molar-refractivity contribution in [3.05, 3.63) is 41.5 Å². The molecule has 1 saturated heterocycles. The Balaban J connectivity index is 1.37. The summed E-state index contributed by atoms with van der Waals surface area (Å²) in [5, 5.41) is 0. The lowest BCUT2D eigenvalue weighted by molar-refractivity contribution is -0.131. The summed E-state index contributed by atoms with van der Waals surface area (Å²) in [7, 11) is -3.47. The average Bonchev–Trinajstić information content (AvgIpc) is 3.20. The van der Waals surface area contributed by atoms with Gasteiger partial charge in [-0.05, 0) is 48.1 Å². The number of nitrogens with zero attached hydrogens (tertiary/aromatic N) is 1. The predicted octanol–water partition coefficient (Wildman–Crippen LogP) is 4.02. The Morgan fingerprint density at radius 1 is 1.10 bits per heavy atom. The molecule has 1 heterocycles. The van der Waals surface area contributed by atoms with Crippen LogP contribution in [0.3, 0.4) is 0 Å². The van der Waals surface area contributed by atoms with Crippen LogP contribution in [0.1, 0.15) is 57.6 Å². The van der Waals surface area contributed by atoms with Crippen LogP contribution < -0.4 is 0 Å². The zero-order chi connectivity index (χ0) is 20.7. The molecule has 0 radical (unpaired) electrons. The van der Waals surface area contributed by atoms with Crippen LogP contribution in [0.2, 0.25) is 0 Å². The van der Waals surface area contributed by atoms with Crippen molar-refractivity contribution in [2.24, 2.45) is 22.7 Å². The first-order chi connectivity index (χ1) is 13.6. The minimum Gasteiger partial charge on any atom is -0.299 e. The highest BCUT2D eigenvalue weighted by Crippen LogP contribution is 2.66. The highest BCUT2D eigenvalue weighted by molar-refractivity contribution is 7.89. The Kier molecular flexibility index (Phi) is 4.06. The summed E-state index contributed by atoms with van der Waals surface area (Å²) < 4.78 is 28.6. The Morgan fingerprint density at radius 3 is 2.45 bits per heavy atom. The van der Waals surface area contributed by atoms with Crippen molar-refractivity contribution in [1.82, 2.24) is 4.31 Å². The van der Waals surface area contributed by atoms with Gasteiger partial charge >= 0.3 is 0 Å². The molecule has 156 valence electrons. The van der Waals surface area contributed by atoms with E-state index in [1.165, 1.54) is 11.1 Å². The molecular formula is C24H31NO3S. The second-order valence-corrected chi connectivity index (χ2v) is 12.3. The van der Waals surface area contributed by atoms with E-state index >= 15 is 0 Å². The van der Waals surface area contributed by atoms with Gasteiger partial charge in [0.25, 0.3) is 0 Å². The number of carbonyl (C=O) groups excluding carboxylic acids is 1. The highest BCUT2D eigenvalue weighted by atomic mass is 32.2. The smallest absolute Gasteiger partial charge is 0.215 e. The number of fused-ring (bicyclic) bond motifs is 4. The van der Waals surface area contributed by atoms with Crippen LogP contribution in [0.4, 0.5) is 0 Å². The first-order valence-electron chi connectivity index (χ1n) is 10.9. The molecule has 5 rings (SSSR count). The van der Waals surface area contributed by atoms with Gasteiger partial charge in [-0.1, -0.05) is 57.2 Å². The maximum Gasteiger partial charge on any atom is 0.215 e. The molecule has 3 fully saturated rings. The van der Waals surface area contributed by atoms with E-state index in [2.05, 4.69) is 50.3 Å². The lowest BCUT2D eigenvalue weighted by Gasteiger charge is -2.41. The summed E-state index contributed by atoms with van der Waals surface area (Å²) in [6, 6.07) is 8.44. The number of hydrogen-bond acceptors (Lipinski definition) is 3. The van der Waals surface area contributed by atoms with Gasteiger partial charge < -0.3 is 0 Å². The molecule has 2 unspecified atom stereocenters. The molecule has 4 nitrogen and oxygen atoms in total. The number of piperidine rings is 1. The second-order valence-electron chi connectivity index (χ2n) is 10.3. The maximum absolute atomic E-state index is 13.5. The monoisotopic (exact) mass is 413 g/mol. The molecule has 5 heteroatoms. The molecule has 2 bridgehead atoms. The zero-order valence-corrected chi connectivity index (χ0v) is 18.5. The molecule has 1 aromatic carbocycles. The molecule has 1 spiro atoms. The number of Topliss-reactive ketones (excluding diaryl/α,β-unsaturated/α-hetero) is 1. The number of rotatable bonds is 3. The molecule has 2 saturated carbocycles. The van der Waals surface area contributed by atoms with Gasteiger partial charge in [0.2, 0.25) is 10.0 Å². The number of benzene rings is 1. The van der Waals surface area contributed by atoms with Crippen molar-refractivity contribution in [1.29, 1.82) is 0 Å². The van der Waals surface area contributed by atoms with Crippen molar-refractivity contribution in [2.45, 2.75) is 51.9 Å². The third-order valence-electron chi connectivity index (χ3n) is 9.05. The van der Waals surface area contributed by atoms with E-state index < -0.39 is 15.4 Å². The highest BCUT2D eigenvalue weighted by Gasteiger charge is 2.68. The largest absolute Gasteiger partial charge is 0.299 e. The van der Waals surface area contributed by atoms with Crippen molar-refractivity contribution in [3.8, 4) is 0 Å². The molecule has 0 amide bonds. The van der Waals surface area contributed by atoms with E-state index in [0.717, 1.165) is 25.7 Å². The summed E-state index contributed by atoms with van der Waals surface area (Å²) in [5.41, 5.74) is 1.62. The standard InChI is InChI=1S/C24H31NO3S/c1-17-19-9-11-24(21(17)26,22(19,2)3)16-29(27,28)25-14-12-23(13-15-25)10-8-18-6-4-5-7-20(18)23/h4-8,10,17,19H,9,11-16H2,1-3H3/t17?,19?,24-/m1/s1. The Hall–Kier alpha value is -1.46.